The number of hydrogen-bond acceptors (Lipinski definition) is 5. The van der Waals surface area contributed by atoms with E-state index >= 15 is 0 Å². The maximum atomic E-state index is 12.7. The van der Waals surface area contributed by atoms with Crippen LogP contribution in [-0.2, 0) is 16.0 Å². The number of Topliss-reactive ketones (excluding diaryl/α,β-unsaturated/α-hetero) is 1. The van der Waals surface area contributed by atoms with E-state index < -0.39 is 0 Å². The normalized spacial score (nSPS) is 15.3. The van der Waals surface area contributed by atoms with Gasteiger partial charge in [0.1, 0.15) is 5.78 Å². The Hall–Kier alpha value is -3.12. The van der Waals surface area contributed by atoms with Crippen LogP contribution < -0.4 is 5.32 Å². The maximum absolute atomic E-state index is 12.7. The van der Waals surface area contributed by atoms with Crippen LogP contribution in [0, 0.1) is 5.92 Å². The fraction of sp³-hybridized carbons (Fsp3) is 0.333. The lowest BCUT2D eigenvalue weighted by Gasteiger charge is -2.27. The Balaban J connectivity index is 1.55. The van der Waals surface area contributed by atoms with E-state index in [0.717, 1.165) is 53.5 Å². The highest BCUT2D eigenvalue weighted by molar-refractivity contribution is 5.91. The molecule has 6 heteroatoms. The number of amides is 1. The number of aromatic nitrogens is 2. The molecule has 0 atom stereocenters. The van der Waals surface area contributed by atoms with Crippen LogP contribution in [-0.4, -0.2) is 46.7 Å². The summed E-state index contributed by atoms with van der Waals surface area (Å²) in [6, 6.07) is 10.0. The van der Waals surface area contributed by atoms with Gasteiger partial charge in [-0.3, -0.25) is 19.6 Å². The Morgan fingerprint density at radius 2 is 1.83 bits per heavy atom. The summed E-state index contributed by atoms with van der Waals surface area (Å²) < 4.78 is 0. The first-order chi connectivity index (χ1) is 14.5. The van der Waals surface area contributed by atoms with Crippen molar-refractivity contribution in [3.8, 4) is 11.1 Å². The Kier molecular flexibility index (Phi) is 5.86. The lowest BCUT2D eigenvalue weighted by atomic mass is 9.90. The summed E-state index contributed by atoms with van der Waals surface area (Å²) in [7, 11) is 2.10. The molecule has 1 aliphatic heterocycles. The molecule has 0 radical (unpaired) electrons. The molecule has 3 aromatic rings. The smallest absolute Gasteiger partial charge is 0.221 e. The van der Waals surface area contributed by atoms with Crippen LogP contribution in [0.1, 0.15) is 25.5 Å². The van der Waals surface area contributed by atoms with Crippen molar-refractivity contribution in [2.24, 2.45) is 5.92 Å². The van der Waals surface area contributed by atoms with Gasteiger partial charge < -0.3 is 10.2 Å². The molecule has 1 N–H and O–H groups in total. The third kappa shape index (κ3) is 4.71. The zero-order valence-corrected chi connectivity index (χ0v) is 17.4. The third-order valence-corrected chi connectivity index (χ3v) is 5.70. The van der Waals surface area contributed by atoms with Gasteiger partial charge in [0.25, 0.3) is 0 Å². The predicted octanol–water partition coefficient (Wildman–Crippen LogP) is 3.71. The monoisotopic (exact) mass is 402 g/mol. The molecule has 1 aromatic carbocycles. The van der Waals surface area contributed by atoms with Gasteiger partial charge in [-0.15, -0.1) is 0 Å². The molecular formula is C24H26N4O2. The number of nitrogens with zero attached hydrogens (tertiary/aromatic N) is 3. The number of carbonyl (C=O) groups is 2. The molecule has 154 valence electrons. The number of nitrogens with one attached hydrogen (secondary N) is 1. The van der Waals surface area contributed by atoms with Crippen molar-refractivity contribution in [2.75, 3.05) is 25.5 Å². The highest BCUT2D eigenvalue weighted by atomic mass is 16.1. The number of hydrogen-bond donors (Lipinski definition) is 1. The average Bonchev–Trinajstić information content (AvgIpc) is 2.73. The minimum absolute atomic E-state index is 0.127. The summed E-state index contributed by atoms with van der Waals surface area (Å²) in [4.78, 5) is 35.1. The molecule has 0 spiro atoms. The molecule has 1 amide bonds. The number of rotatable bonds is 5. The van der Waals surface area contributed by atoms with Gasteiger partial charge in [0.2, 0.25) is 5.91 Å². The van der Waals surface area contributed by atoms with Crippen LogP contribution in [0.25, 0.3) is 21.9 Å². The van der Waals surface area contributed by atoms with Crippen molar-refractivity contribution in [2.45, 2.75) is 26.2 Å². The van der Waals surface area contributed by atoms with E-state index in [1.54, 1.807) is 12.4 Å². The number of likely N-dealkylation sites (tertiary alicyclic amines) is 1. The van der Waals surface area contributed by atoms with E-state index in [0.29, 0.717) is 17.9 Å². The molecule has 6 nitrogen and oxygen atoms in total. The van der Waals surface area contributed by atoms with Gasteiger partial charge in [-0.25, -0.2) is 0 Å². The zero-order chi connectivity index (χ0) is 21.1. The summed E-state index contributed by atoms with van der Waals surface area (Å²) in [6.07, 6.45) is 7.49. The number of carbonyl (C=O) groups excluding carboxylic acids is 2. The van der Waals surface area contributed by atoms with Crippen LogP contribution in [0.4, 0.5) is 5.69 Å². The van der Waals surface area contributed by atoms with Gasteiger partial charge in [0.15, 0.2) is 0 Å². The fourth-order valence-electron chi connectivity index (χ4n) is 3.99. The quantitative estimate of drug-likeness (QED) is 0.704. The number of fused-ring (bicyclic) bond motifs is 1. The van der Waals surface area contributed by atoms with E-state index in [4.69, 9.17) is 0 Å². The molecular weight excluding hydrogens is 376 g/mol. The van der Waals surface area contributed by atoms with Crippen molar-refractivity contribution in [1.29, 1.82) is 0 Å². The molecule has 1 aliphatic rings. The van der Waals surface area contributed by atoms with Crippen LogP contribution in [0.5, 0.6) is 0 Å². The van der Waals surface area contributed by atoms with Gasteiger partial charge in [-0.05, 0) is 62.1 Å². The molecule has 30 heavy (non-hydrogen) atoms. The standard InChI is InChI=1S/C24H26N4O2/c1-16(29)27-23-11-21(13-25-15-23)18-3-4-19-14-26-22(10-20(19)9-18)12-24(30)17-5-7-28(2)8-6-17/h3-4,9-11,13-15,17H,5-8,12H2,1-2H3,(H,27,29). The zero-order valence-electron chi connectivity index (χ0n) is 17.4. The number of benzene rings is 1. The van der Waals surface area contributed by atoms with Crippen LogP contribution in [0.3, 0.4) is 0 Å². The summed E-state index contributed by atoms with van der Waals surface area (Å²) in [5.41, 5.74) is 3.40. The average molecular weight is 402 g/mol. The van der Waals surface area contributed by atoms with Crippen molar-refractivity contribution >= 4 is 28.2 Å². The highest BCUT2D eigenvalue weighted by Gasteiger charge is 2.23. The lowest BCUT2D eigenvalue weighted by Crippen LogP contribution is -2.34. The number of anilines is 1. The summed E-state index contributed by atoms with van der Waals surface area (Å²) >= 11 is 0. The molecule has 0 unspecified atom stereocenters. The van der Waals surface area contributed by atoms with Crippen LogP contribution in [0.2, 0.25) is 0 Å². The van der Waals surface area contributed by atoms with Crippen LogP contribution in [0.15, 0.2) is 48.9 Å². The number of pyridine rings is 2. The Labute approximate surface area is 176 Å². The van der Waals surface area contributed by atoms with E-state index in [9.17, 15) is 9.59 Å². The van der Waals surface area contributed by atoms with Crippen molar-refractivity contribution in [3.63, 3.8) is 0 Å². The first-order valence-corrected chi connectivity index (χ1v) is 10.3. The van der Waals surface area contributed by atoms with E-state index in [2.05, 4.69) is 33.3 Å². The molecule has 3 heterocycles. The molecule has 1 saturated heterocycles. The highest BCUT2D eigenvalue weighted by Crippen LogP contribution is 2.26. The minimum Gasteiger partial charge on any atom is -0.325 e. The van der Waals surface area contributed by atoms with Gasteiger partial charge in [-0.1, -0.05) is 12.1 Å². The molecule has 4 rings (SSSR count). The summed E-state index contributed by atoms with van der Waals surface area (Å²) in [5, 5.41) is 4.83. The Morgan fingerprint density at radius 1 is 1.03 bits per heavy atom. The molecule has 0 bridgehead atoms. The SMILES string of the molecule is CC(=O)Nc1cncc(-c2ccc3cnc(CC(=O)C4CCN(C)CC4)cc3c2)c1. The Bertz CT molecular complexity index is 1090. The van der Waals surface area contributed by atoms with Gasteiger partial charge in [0, 0.05) is 48.3 Å². The van der Waals surface area contributed by atoms with E-state index in [1.165, 1.54) is 6.92 Å². The maximum Gasteiger partial charge on any atom is 0.221 e. The number of piperidine rings is 1. The van der Waals surface area contributed by atoms with Crippen molar-refractivity contribution < 1.29 is 9.59 Å². The van der Waals surface area contributed by atoms with E-state index in [-0.39, 0.29) is 11.8 Å². The Morgan fingerprint density at radius 3 is 2.60 bits per heavy atom. The second-order valence-corrected chi connectivity index (χ2v) is 8.10. The minimum atomic E-state index is -0.127. The van der Waals surface area contributed by atoms with Crippen molar-refractivity contribution in [3.05, 3.63) is 54.6 Å². The summed E-state index contributed by atoms with van der Waals surface area (Å²) in [5.74, 6) is 0.309. The third-order valence-electron chi connectivity index (χ3n) is 5.70. The van der Waals surface area contributed by atoms with E-state index in [1.807, 2.05) is 30.5 Å². The second-order valence-electron chi connectivity index (χ2n) is 8.10. The topological polar surface area (TPSA) is 75.2 Å². The van der Waals surface area contributed by atoms with Crippen molar-refractivity contribution in [1.82, 2.24) is 14.9 Å². The number of ketones is 1. The first-order valence-electron chi connectivity index (χ1n) is 10.3. The second kappa shape index (κ2) is 8.71. The largest absolute Gasteiger partial charge is 0.325 e. The lowest BCUT2D eigenvalue weighted by molar-refractivity contribution is -0.123. The van der Waals surface area contributed by atoms with Gasteiger partial charge in [-0.2, -0.15) is 0 Å². The molecule has 2 aromatic heterocycles. The molecule has 0 saturated carbocycles. The first kappa shape index (κ1) is 20.2. The molecule has 1 fully saturated rings. The predicted molar refractivity (Wildman–Crippen MR) is 118 cm³/mol. The van der Waals surface area contributed by atoms with Gasteiger partial charge >= 0.3 is 0 Å². The fourth-order valence-corrected chi connectivity index (χ4v) is 3.99. The summed E-state index contributed by atoms with van der Waals surface area (Å²) in [6.45, 7) is 3.44. The van der Waals surface area contributed by atoms with Crippen LogP contribution >= 0.6 is 0 Å². The van der Waals surface area contributed by atoms with Gasteiger partial charge in [0.05, 0.1) is 11.9 Å². The molecule has 0 aliphatic carbocycles.